The van der Waals surface area contributed by atoms with E-state index in [4.69, 9.17) is 0 Å². The number of nitrogens with zero attached hydrogens (tertiary/aromatic N) is 1. The molecule has 0 aromatic heterocycles. The molecule has 25 heavy (non-hydrogen) atoms. The normalized spacial score (nSPS) is 14.0. The molecule has 4 rings (SSSR count). The average Bonchev–Trinajstić information content (AvgIpc) is 2.64. The van der Waals surface area contributed by atoms with Crippen molar-refractivity contribution in [1.82, 2.24) is 0 Å². The van der Waals surface area contributed by atoms with Crippen molar-refractivity contribution in [3.63, 3.8) is 0 Å². The van der Waals surface area contributed by atoms with Gasteiger partial charge in [-0.25, -0.2) is 0 Å². The van der Waals surface area contributed by atoms with Gasteiger partial charge in [0.15, 0.2) is 0 Å². The third kappa shape index (κ3) is 2.84. The number of anilines is 3. The van der Waals surface area contributed by atoms with E-state index in [0.29, 0.717) is 0 Å². The van der Waals surface area contributed by atoms with E-state index >= 15 is 0 Å². The Bertz CT molecular complexity index is 827. The molecule has 0 spiro atoms. The summed E-state index contributed by atoms with van der Waals surface area (Å²) in [7, 11) is 0. The summed E-state index contributed by atoms with van der Waals surface area (Å²) in [5, 5.41) is 0. The summed E-state index contributed by atoms with van der Waals surface area (Å²) in [4.78, 5) is 2.39. The van der Waals surface area contributed by atoms with Gasteiger partial charge < -0.3 is 4.90 Å². The van der Waals surface area contributed by atoms with Gasteiger partial charge in [0.1, 0.15) is 0 Å². The van der Waals surface area contributed by atoms with Crippen molar-refractivity contribution in [2.24, 2.45) is 0 Å². The fraction of sp³-hybridized carbons (Fsp3) is 0.250. The van der Waals surface area contributed by atoms with Gasteiger partial charge in [-0.1, -0.05) is 76.2 Å². The number of rotatable bonds is 1. The molecule has 3 aromatic carbocycles. The van der Waals surface area contributed by atoms with Crippen LogP contribution in [0.1, 0.15) is 44.4 Å². The van der Waals surface area contributed by atoms with E-state index in [0.717, 1.165) is 0 Å². The van der Waals surface area contributed by atoms with Crippen LogP contribution in [0.3, 0.4) is 0 Å². The SMILES string of the molecule is CC.Cc1cccc(N2c3ccccc3C(C)(C)c3ccccc32)c1. The number of hydrogen-bond acceptors (Lipinski definition) is 1. The second kappa shape index (κ2) is 6.76. The Labute approximate surface area is 151 Å². The Balaban J connectivity index is 0.000000880. The van der Waals surface area contributed by atoms with Crippen molar-refractivity contribution in [2.45, 2.75) is 40.0 Å². The minimum Gasteiger partial charge on any atom is -0.310 e. The lowest BCUT2D eigenvalue weighted by atomic mass is 9.73. The minimum atomic E-state index is 0.00745. The molecule has 0 N–H and O–H groups in total. The van der Waals surface area contributed by atoms with Gasteiger partial charge in [-0.2, -0.15) is 0 Å². The molecular formula is C24H27N. The summed E-state index contributed by atoms with van der Waals surface area (Å²) in [6.07, 6.45) is 0. The Kier molecular flexibility index (Phi) is 4.67. The lowest BCUT2D eigenvalue weighted by Gasteiger charge is -2.42. The van der Waals surface area contributed by atoms with Crippen molar-refractivity contribution in [3.05, 3.63) is 89.5 Å². The summed E-state index contributed by atoms with van der Waals surface area (Å²) < 4.78 is 0. The predicted octanol–water partition coefficient (Wildman–Crippen LogP) is 7.13. The molecule has 0 radical (unpaired) electrons. The molecule has 1 heteroatoms. The second-order valence-electron chi connectivity index (χ2n) is 6.83. The van der Waals surface area contributed by atoms with Crippen LogP contribution in [0.5, 0.6) is 0 Å². The van der Waals surface area contributed by atoms with E-state index in [1.54, 1.807) is 0 Å². The largest absolute Gasteiger partial charge is 0.310 e. The molecule has 0 bridgehead atoms. The van der Waals surface area contributed by atoms with Crippen LogP contribution >= 0.6 is 0 Å². The van der Waals surface area contributed by atoms with Gasteiger partial charge in [0.25, 0.3) is 0 Å². The number of para-hydroxylation sites is 2. The third-order valence-electron chi connectivity index (χ3n) is 4.90. The first-order chi connectivity index (χ1) is 12.1. The molecule has 3 aromatic rings. The van der Waals surface area contributed by atoms with Gasteiger partial charge in [-0.05, 0) is 47.9 Å². The molecule has 1 nitrogen and oxygen atoms in total. The molecule has 0 saturated carbocycles. The fourth-order valence-corrected chi connectivity index (χ4v) is 3.71. The van der Waals surface area contributed by atoms with Crippen molar-refractivity contribution in [2.75, 3.05) is 4.90 Å². The number of hydrogen-bond donors (Lipinski definition) is 0. The zero-order chi connectivity index (χ0) is 18.0. The van der Waals surface area contributed by atoms with Gasteiger partial charge in [0.05, 0.1) is 11.4 Å². The first-order valence-electron chi connectivity index (χ1n) is 9.15. The number of benzene rings is 3. The Hall–Kier alpha value is -2.54. The van der Waals surface area contributed by atoms with Gasteiger partial charge in [0.2, 0.25) is 0 Å². The Morgan fingerprint density at radius 1 is 0.680 bits per heavy atom. The van der Waals surface area contributed by atoms with Crippen LogP contribution in [0.25, 0.3) is 0 Å². The van der Waals surface area contributed by atoms with Crippen molar-refractivity contribution in [3.8, 4) is 0 Å². The van der Waals surface area contributed by atoms with Gasteiger partial charge in [-0.15, -0.1) is 0 Å². The van der Waals surface area contributed by atoms with Gasteiger partial charge in [-0.3, -0.25) is 0 Å². The van der Waals surface area contributed by atoms with Gasteiger partial charge in [0, 0.05) is 11.1 Å². The summed E-state index contributed by atoms with van der Waals surface area (Å²) >= 11 is 0. The van der Waals surface area contributed by atoms with Crippen LogP contribution in [-0.2, 0) is 5.41 Å². The molecule has 1 aliphatic rings. The number of fused-ring (bicyclic) bond motifs is 2. The highest BCUT2D eigenvalue weighted by Gasteiger charge is 2.36. The minimum absolute atomic E-state index is 0.00745. The lowest BCUT2D eigenvalue weighted by Crippen LogP contribution is -2.30. The van der Waals surface area contributed by atoms with Gasteiger partial charge >= 0.3 is 0 Å². The lowest BCUT2D eigenvalue weighted by molar-refractivity contribution is 0.632. The first kappa shape index (κ1) is 17.3. The van der Waals surface area contributed by atoms with E-state index < -0.39 is 0 Å². The molecule has 0 fully saturated rings. The molecule has 1 aliphatic heterocycles. The van der Waals surface area contributed by atoms with E-state index in [-0.39, 0.29) is 5.41 Å². The summed E-state index contributed by atoms with van der Waals surface area (Å²) in [6, 6.07) is 26.3. The molecule has 1 heterocycles. The van der Waals surface area contributed by atoms with Crippen molar-refractivity contribution in [1.29, 1.82) is 0 Å². The van der Waals surface area contributed by atoms with Crippen molar-refractivity contribution < 1.29 is 0 Å². The summed E-state index contributed by atoms with van der Waals surface area (Å²) in [6.45, 7) is 10.8. The van der Waals surface area contributed by atoms with Crippen LogP contribution in [0.2, 0.25) is 0 Å². The highest BCUT2D eigenvalue weighted by atomic mass is 15.2. The van der Waals surface area contributed by atoms with Crippen LogP contribution in [0, 0.1) is 6.92 Å². The average molecular weight is 329 g/mol. The van der Waals surface area contributed by atoms with E-state index in [1.807, 2.05) is 13.8 Å². The zero-order valence-corrected chi connectivity index (χ0v) is 15.9. The molecule has 128 valence electrons. The smallest absolute Gasteiger partial charge is 0.0502 e. The molecule has 0 atom stereocenters. The quantitative estimate of drug-likeness (QED) is 0.459. The molecule has 0 unspecified atom stereocenters. The predicted molar refractivity (Wildman–Crippen MR) is 109 cm³/mol. The monoisotopic (exact) mass is 329 g/mol. The fourth-order valence-electron chi connectivity index (χ4n) is 3.71. The Morgan fingerprint density at radius 3 is 1.72 bits per heavy atom. The van der Waals surface area contributed by atoms with Crippen LogP contribution in [-0.4, -0.2) is 0 Å². The topological polar surface area (TPSA) is 3.24 Å². The van der Waals surface area contributed by atoms with E-state index in [9.17, 15) is 0 Å². The third-order valence-corrected chi connectivity index (χ3v) is 4.90. The molecular weight excluding hydrogens is 302 g/mol. The molecule has 0 amide bonds. The standard InChI is InChI=1S/C22H21N.C2H6/c1-16-9-8-10-17(15-16)23-20-13-6-4-11-18(20)22(2,3)19-12-5-7-14-21(19)23;1-2/h4-15H,1-3H3;1-2H3. The van der Waals surface area contributed by atoms with E-state index in [1.165, 1.54) is 33.8 Å². The van der Waals surface area contributed by atoms with E-state index in [2.05, 4.69) is 98.5 Å². The Morgan fingerprint density at radius 2 is 1.20 bits per heavy atom. The molecule has 0 saturated heterocycles. The van der Waals surface area contributed by atoms with Crippen molar-refractivity contribution >= 4 is 17.1 Å². The summed E-state index contributed by atoms with van der Waals surface area (Å²) in [5.41, 5.74) is 7.82. The maximum atomic E-state index is 2.39. The number of aryl methyl sites for hydroxylation is 1. The van der Waals surface area contributed by atoms with Crippen LogP contribution in [0.4, 0.5) is 17.1 Å². The van der Waals surface area contributed by atoms with Crippen LogP contribution in [0.15, 0.2) is 72.8 Å². The maximum absolute atomic E-state index is 2.39. The second-order valence-corrected chi connectivity index (χ2v) is 6.83. The maximum Gasteiger partial charge on any atom is 0.0502 e. The molecule has 0 aliphatic carbocycles. The first-order valence-corrected chi connectivity index (χ1v) is 9.15. The highest BCUT2D eigenvalue weighted by Crippen LogP contribution is 2.51. The summed E-state index contributed by atoms with van der Waals surface area (Å²) in [5.74, 6) is 0. The van der Waals surface area contributed by atoms with Crippen LogP contribution < -0.4 is 4.90 Å². The zero-order valence-electron chi connectivity index (χ0n) is 15.9. The highest BCUT2D eigenvalue weighted by molar-refractivity contribution is 5.85.